The monoisotopic (exact) mass is 274 g/mol. The quantitative estimate of drug-likeness (QED) is 0.797. The number of aromatic nitrogens is 1. The summed E-state index contributed by atoms with van der Waals surface area (Å²) in [4.78, 5) is 3.85. The maximum atomic E-state index is 13.3. The molecule has 17 heavy (non-hydrogen) atoms. The minimum atomic E-state index is -0.435. The van der Waals surface area contributed by atoms with Gasteiger partial charge in [-0.1, -0.05) is 17.7 Å². The minimum Gasteiger partial charge on any atom is -0.316 e. The molecule has 1 N–H and O–H groups in total. The average molecular weight is 275 g/mol. The number of fused-ring (bicyclic) bond motifs is 1. The third-order valence-corrected chi connectivity index (χ3v) is 3.73. The second kappa shape index (κ2) is 4.92. The topological polar surface area (TPSA) is 24.9 Å². The fourth-order valence-electron chi connectivity index (χ4n) is 2.59. The zero-order valence-corrected chi connectivity index (χ0v) is 10.7. The molecule has 92 valence electrons. The molecule has 1 aliphatic carbocycles. The van der Waals surface area contributed by atoms with Crippen LogP contribution in [0.25, 0.3) is 5.57 Å². The molecule has 3 rings (SSSR count). The molecule has 1 aromatic rings. The van der Waals surface area contributed by atoms with E-state index in [4.69, 9.17) is 11.6 Å². The molecule has 1 saturated heterocycles. The largest absolute Gasteiger partial charge is 0.316 e. The van der Waals surface area contributed by atoms with Crippen molar-refractivity contribution in [2.45, 2.75) is 6.42 Å². The number of hydrogen-bond acceptors (Lipinski definition) is 2. The summed E-state index contributed by atoms with van der Waals surface area (Å²) in [6.45, 7) is 2.10. The summed E-state index contributed by atoms with van der Waals surface area (Å²) in [6, 6.07) is 1.48. The highest BCUT2D eigenvalue weighted by atomic mass is 35.5. The van der Waals surface area contributed by atoms with Crippen molar-refractivity contribution in [3.63, 3.8) is 0 Å². The van der Waals surface area contributed by atoms with Crippen molar-refractivity contribution in [2.75, 3.05) is 13.1 Å². The Hall–Kier alpha value is -0.640. The molecule has 1 aromatic heterocycles. The number of allylic oxidation sites excluding steroid dienone is 1. The average Bonchev–Trinajstić information content (AvgIpc) is 2.81. The second-order valence-corrected chi connectivity index (χ2v) is 4.83. The standard InChI is InChI=1S/C12H12ClFN2.ClH/c13-12-11(14)3-10(6-16-12)7-1-8-4-15-5-9(8)2-7;/h1,3,6,8-9,15H,2,4-5H2;1H. The van der Waals surface area contributed by atoms with Gasteiger partial charge < -0.3 is 5.32 Å². The van der Waals surface area contributed by atoms with E-state index in [1.54, 1.807) is 6.20 Å². The van der Waals surface area contributed by atoms with Crippen molar-refractivity contribution in [1.29, 1.82) is 0 Å². The van der Waals surface area contributed by atoms with Crippen LogP contribution in [0.3, 0.4) is 0 Å². The van der Waals surface area contributed by atoms with E-state index < -0.39 is 5.82 Å². The SMILES string of the molecule is Cl.Fc1cc(C2=CC3CNCC3C2)cnc1Cl. The van der Waals surface area contributed by atoms with Crippen LogP contribution in [0.1, 0.15) is 12.0 Å². The number of hydrogen-bond donors (Lipinski definition) is 1. The maximum absolute atomic E-state index is 13.3. The molecule has 2 heterocycles. The first-order valence-corrected chi connectivity index (χ1v) is 5.84. The normalized spacial score (nSPS) is 26.4. The molecular weight excluding hydrogens is 262 g/mol. The molecule has 2 atom stereocenters. The predicted molar refractivity (Wildman–Crippen MR) is 68.9 cm³/mol. The van der Waals surface area contributed by atoms with E-state index >= 15 is 0 Å². The Morgan fingerprint density at radius 2 is 2.24 bits per heavy atom. The van der Waals surface area contributed by atoms with Crippen molar-refractivity contribution in [1.82, 2.24) is 10.3 Å². The molecule has 1 aliphatic heterocycles. The van der Waals surface area contributed by atoms with Gasteiger partial charge in [0.2, 0.25) is 0 Å². The Kier molecular flexibility index (Phi) is 3.71. The van der Waals surface area contributed by atoms with E-state index in [9.17, 15) is 4.39 Å². The van der Waals surface area contributed by atoms with E-state index in [0.717, 1.165) is 25.1 Å². The van der Waals surface area contributed by atoms with Crippen LogP contribution in [0.15, 0.2) is 18.3 Å². The summed E-state index contributed by atoms with van der Waals surface area (Å²) in [5.74, 6) is 0.845. The lowest BCUT2D eigenvalue weighted by Gasteiger charge is -2.06. The third kappa shape index (κ3) is 2.32. The molecule has 2 unspecified atom stereocenters. The second-order valence-electron chi connectivity index (χ2n) is 4.47. The van der Waals surface area contributed by atoms with Gasteiger partial charge in [-0.05, 0) is 42.0 Å². The first-order valence-electron chi connectivity index (χ1n) is 5.47. The minimum absolute atomic E-state index is 0. The number of pyridine rings is 1. The molecule has 0 bridgehead atoms. The van der Waals surface area contributed by atoms with Crippen LogP contribution in [0.2, 0.25) is 5.15 Å². The number of nitrogens with zero attached hydrogens (tertiary/aromatic N) is 1. The number of halogens is 3. The Morgan fingerprint density at radius 3 is 2.94 bits per heavy atom. The Bertz CT molecular complexity index is 462. The van der Waals surface area contributed by atoms with Crippen LogP contribution < -0.4 is 5.32 Å². The van der Waals surface area contributed by atoms with Gasteiger partial charge in [-0.2, -0.15) is 0 Å². The van der Waals surface area contributed by atoms with Crippen LogP contribution in [0, 0.1) is 17.7 Å². The molecule has 0 radical (unpaired) electrons. The van der Waals surface area contributed by atoms with Gasteiger partial charge in [-0.25, -0.2) is 9.37 Å². The predicted octanol–water partition coefficient (Wildman–Crippen LogP) is 2.92. The summed E-state index contributed by atoms with van der Waals surface area (Å²) in [5, 5.41) is 3.31. The van der Waals surface area contributed by atoms with Crippen LogP contribution in [0.4, 0.5) is 4.39 Å². The highest BCUT2D eigenvalue weighted by Crippen LogP contribution is 2.38. The van der Waals surface area contributed by atoms with Crippen molar-refractivity contribution < 1.29 is 4.39 Å². The van der Waals surface area contributed by atoms with Gasteiger partial charge in [-0.15, -0.1) is 12.4 Å². The molecular formula is C12H13Cl2FN2. The van der Waals surface area contributed by atoms with Crippen molar-refractivity contribution in [3.05, 3.63) is 34.9 Å². The van der Waals surface area contributed by atoms with Gasteiger partial charge >= 0.3 is 0 Å². The first kappa shape index (κ1) is 12.8. The summed E-state index contributed by atoms with van der Waals surface area (Å²) in [7, 11) is 0. The molecule has 1 fully saturated rings. The molecule has 0 amide bonds. The Labute approximate surface area is 111 Å². The number of rotatable bonds is 1. The fourth-order valence-corrected chi connectivity index (χ4v) is 2.70. The molecule has 0 spiro atoms. The van der Waals surface area contributed by atoms with Gasteiger partial charge in [0.25, 0.3) is 0 Å². The van der Waals surface area contributed by atoms with Gasteiger partial charge in [0.1, 0.15) is 0 Å². The van der Waals surface area contributed by atoms with Crippen molar-refractivity contribution in [3.8, 4) is 0 Å². The van der Waals surface area contributed by atoms with Gasteiger partial charge in [-0.3, -0.25) is 0 Å². The molecule has 2 aliphatic rings. The smallest absolute Gasteiger partial charge is 0.164 e. The van der Waals surface area contributed by atoms with E-state index in [1.807, 2.05) is 0 Å². The van der Waals surface area contributed by atoms with Crippen LogP contribution >= 0.6 is 24.0 Å². The van der Waals surface area contributed by atoms with E-state index in [2.05, 4.69) is 16.4 Å². The van der Waals surface area contributed by atoms with Crippen molar-refractivity contribution >= 4 is 29.6 Å². The summed E-state index contributed by atoms with van der Waals surface area (Å²) < 4.78 is 13.3. The molecule has 5 heteroatoms. The Balaban J connectivity index is 0.00000108. The van der Waals surface area contributed by atoms with Gasteiger partial charge in [0.15, 0.2) is 11.0 Å². The van der Waals surface area contributed by atoms with E-state index in [1.165, 1.54) is 11.6 Å². The fraction of sp³-hybridized carbons (Fsp3) is 0.417. The van der Waals surface area contributed by atoms with Crippen molar-refractivity contribution in [2.24, 2.45) is 11.8 Å². The van der Waals surface area contributed by atoms with Crippen LogP contribution in [-0.4, -0.2) is 18.1 Å². The highest BCUT2D eigenvalue weighted by molar-refractivity contribution is 6.29. The zero-order valence-electron chi connectivity index (χ0n) is 9.12. The van der Waals surface area contributed by atoms with E-state index in [-0.39, 0.29) is 17.6 Å². The van der Waals surface area contributed by atoms with Crippen LogP contribution in [-0.2, 0) is 0 Å². The molecule has 0 aromatic carbocycles. The lowest BCUT2D eigenvalue weighted by molar-refractivity contribution is 0.536. The lowest BCUT2D eigenvalue weighted by atomic mass is 9.99. The summed E-state index contributed by atoms with van der Waals surface area (Å²) >= 11 is 5.57. The van der Waals surface area contributed by atoms with Gasteiger partial charge in [0, 0.05) is 12.7 Å². The maximum Gasteiger partial charge on any atom is 0.164 e. The highest BCUT2D eigenvalue weighted by Gasteiger charge is 2.31. The lowest BCUT2D eigenvalue weighted by Crippen LogP contribution is -2.09. The summed E-state index contributed by atoms with van der Waals surface area (Å²) in [5.41, 5.74) is 2.08. The Morgan fingerprint density at radius 1 is 1.41 bits per heavy atom. The summed E-state index contributed by atoms with van der Waals surface area (Å²) in [6.07, 6.45) is 4.92. The van der Waals surface area contributed by atoms with E-state index in [0.29, 0.717) is 11.8 Å². The number of nitrogens with one attached hydrogen (secondary N) is 1. The van der Waals surface area contributed by atoms with Crippen LogP contribution in [0.5, 0.6) is 0 Å². The molecule has 0 saturated carbocycles. The van der Waals surface area contributed by atoms with Gasteiger partial charge in [0.05, 0.1) is 0 Å². The molecule has 2 nitrogen and oxygen atoms in total. The zero-order chi connectivity index (χ0) is 11.1. The third-order valence-electron chi connectivity index (χ3n) is 3.46. The first-order chi connectivity index (χ1) is 7.74.